The smallest absolute Gasteiger partial charge is 0.197 e. The van der Waals surface area contributed by atoms with Crippen LogP contribution in [0.1, 0.15) is 0 Å². The van der Waals surface area contributed by atoms with Gasteiger partial charge in [0.25, 0.3) is 0 Å². The van der Waals surface area contributed by atoms with Gasteiger partial charge in [-0.1, -0.05) is 24.3 Å². The Morgan fingerprint density at radius 2 is 0.789 bits per heavy atom. The van der Waals surface area contributed by atoms with Gasteiger partial charge in [-0.15, -0.1) is 0 Å². The number of fused-ring (bicyclic) bond motifs is 2. The Kier molecular flexibility index (Phi) is 4.31. The van der Waals surface area contributed by atoms with E-state index >= 15 is 0 Å². The molecule has 2 heterocycles. The van der Waals surface area contributed by atoms with Crippen LogP contribution in [-0.4, -0.2) is 30.8 Å². The second-order valence-electron chi connectivity index (χ2n) is 3.62. The number of hydrogen-bond donors (Lipinski definition) is 2. The van der Waals surface area contributed by atoms with Crippen molar-refractivity contribution in [1.29, 1.82) is 0 Å². The topological polar surface area (TPSA) is 83.1 Å². The molecule has 4 aromatic rings. The Labute approximate surface area is 121 Å². The van der Waals surface area contributed by atoms with Gasteiger partial charge < -0.3 is 0 Å². The first-order valence-electron chi connectivity index (χ1n) is 5.44. The first-order valence-corrected chi connectivity index (χ1v) is 5.44. The number of H-pyrrole nitrogens is 2. The number of benzene rings is 2. The van der Waals surface area contributed by atoms with Crippen molar-refractivity contribution in [3.63, 3.8) is 0 Å². The van der Waals surface area contributed by atoms with E-state index in [-0.39, 0.29) is 19.5 Å². The van der Waals surface area contributed by atoms with Crippen LogP contribution in [0.5, 0.6) is 0 Å². The SMILES string of the molecule is [Ru+3].c1ccc2n[nH]nc2c1.c1ccc2n[nH]nc2c1. The average molecular weight is 339 g/mol. The summed E-state index contributed by atoms with van der Waals surface area (Å²) in [4.78, 5) is 0. The maximum atomic E-state index is 3.88. The minimum Gasteiger partial charge on any atom is -0.197 e. The van der Waals surface area contributed by atoms with Gasteiger partial charge >= 0.3 is 19.5 Å². The fourth-order valence-electron chi connectivity index (χ4n) is 1.57. The molecular weight excluding hydrogens is 329 g/mol. The summed E-state index contributed by atoms with van der Waals surface area (Å²) in [5, 5.41) is 20.6. The summed E-state index contributed by atoms with van der Waals surface area (Å²) in [6.07, 6.45) is 0. The van der Waals surface area contributed by atoms with Gasteiger partial charge in [-0.2, -0.15) is 30.8 Å². The third-order valence-corrected chi connectivity index (χ3v) is 2.45. The van der Waals surface area contributed by atoms with Gasteiger partial charge in [0, 0.05) is 0 Å². The summed E-state index contributed by atoms with van der Waals surface area (Å²) in [5.74, 6) is 0. The zero-order valence-corrected chi connectivity index (χ0v) is 11.5. The van der Waals surface area contributed by atoms with Gasteiger partial charge in [-0.25, -0.2) is 0 Å². The second kappa shape index (κ2) is 6.15. The van der Waals surface area contributed by atoms with E-state index in [1.165, 1.54) is 0 Å². The molecular formula is C12H10N6Ru+3. The minimum absolute atomic E-state index is 0. The number of rotatable bonds is 0. The molecule has 6 nitrogen and oxygen atoms in total. The van der Waals surface area contributed by atoms with Gasteiger partial charge in [0.1, 0.15) is 22.1 Å². The van der Waals surface area contributed by atoms with E-state index in [9.17, 15) is 0 Å². The van der Waals surface area contributed by atoms with Crippen LogP contribution in [0.2, 0.25) is 0 Å². The molecule has 0 atom stereocenters. The molecule has 19 heavy (non-hydrogen) atoms. The van der Waals surface area contributed by atoms with Crippen molar-refractivity contribution in [2.75, 3.05) is 0 Å². The largest absolute Gasteiger partial charge is 3.00 e. The van der Waals surface area contributed by atoms with Crippen LogP contribution in [0.25, 0.3) is 22.1 Å². The van der Waals surface area contributed by atoms with E-state index in [1.807, 2.05) is 48.5 Å². The summed E-state index contributed by atoms with van der Waals surface area (Å²) in [7, 11) is 0. The summed E-state index contributed by atoms with van der Waals surface area (Å²) in [6, 6.07) is 15.4. The fraction of sp³-hybridized carbons (Fsp3) is 0. The van der Waals surface area contributed by atoms with Crippen molar-refractivity contribution in [1.82, 2.24) is 30.8 Å². The molecule has 0 saturated heterocycles. The van der Waals surface area contributed by atoms with Gasteiger partial charge in [-0.3, -0.25) is 0 Å². The molecule has 0 aliphatic heterocycles. The second-order valence-corrected chi connectivity index (χ2v) is 3.62. The minimum atomic E-state index is 0. The molecule has 93 valence electrons. The standard InChI is InChI=1S/2C6H5N3.Ru/c2*1-2-4-6-5(3-1)7-9-8-6;/h2*1-4H,(H,7,8,9);/q;;+3. The molecule has 0 fully saturated rings. The molecule has 0 bridgehead atoms. The third kappa shape index (κ3) is 3.00. The van der Waals surface area contributed by atoms with Crippen LogP contribution in [-0.2, 0) is 19.5 Å². The van der Waals surface area contributed by atoms with Crippen molar-refractivity contribution in [2.24, 2.45) is 0 Å². The molecule has 1 radical (unpaired) electrons. The summed E-state index contributed by atoms with van der Waals surface area (Å²) < 4.78 is 0. The zero-order valence-electron chi connectivity index (χ0n) is 9.76. The van der Waals surface area contributed by atoms with Crippen LogP contribution in [0.4, 0.5) is 0 Å². The summed E-state index contributed by atoms with van der Waals surface area (Å²) in [5.41, 5.74) is 3.66. The zero-order chi connectivity index (χ0) is 12.2. The predicted molar refractivity (Wildman–Crippen MR) is 67.8 cm³/mol. The molecule has 0 aliphatic rings. The van der Waals surface area contributed by atoms with Crippen LogP contribution in [0.15, 0.2) is 48.5 Å². The monoisotopic (exact) mass is 340 g/mol. The Bertz CT molecular complexity index is 636. The normalized spacial score (nSPS) is 9.68. The van der Waals surface area contributed by atoms with Gasteiger partial charge in [0.2, 0.25) is 0 Å². The van der Waals surface area contributed by atoms with Crippen LogP contribution in [0.3, 0.4) is 0 Å². The molecule has 0 unspecified atom stereocenters. The van der Waals surface area contributed by atoms with E-state index in [0.717, 1.165) is 22.1 Å². The number of aromatic nitrogens is 6. The van der Waals surface area contributed by atoms with Gasteiger partial charge in [-0.05, 0) is 24.3 Å². The number of para-hydroxylation sites is 4. The molecule has 0 saturated carbocycles. The van der Waals surface area contributed by atoms with Gasteiger partial charge in [0.05, 0.1) is 0 Å². The van der Waals surface area contributed by atoms with Crippen molar-refractivity contribution < 1.29 is 19.5 Å². The number of hydrogen-bond acceptors (Lipinski definition) is 4. The molecule has 2 aromatic carbocycles. The molecule has 0 spiro atoms. The van der Waals surface area contributed by atoms with Crippen LogP contribution >= 0.6 is 0 Å². The van der Waals surface area contributed by atoms with E-state index < -0.39 is 0 Å². The van der Waals surface area contributed by atoms with Crippen LogP contribution in [0, 0.1) is 0 Å². The van der Waals surface area contributed by atoms with E-state index in [2.05, 4.69) is 30.8 Å². The number of nitrogens with one attached hydrogen (secondary N) is 2. The Morgan fingerprint density at radius 3 is 1.05 bits per heavy atom. The number of nitrogens with zero attached hydrogens (tertiary/aromatic N) is 4. The molecule has 0 aliphatic carbocycles. The quantitative estimate of drug-likeness (QED) is 0.480. The van der Waals surface area contributed by atoms with Crippen molar-refractivity contribution in [3.8, 4) is 0 Å². The first kappa shape index (κ1) is 13.3. The predicted octanol–water partition coefficient (Wildman–Crippen LogP) is 1.91. The van der Waals surface area contributed by atoms with Crippen molar-refractivity contribution >= 4 is 22.1 Å². The molecule has 0 amide bonds. The number of aromatic amines is 2. The van der Waals surface area contributed by atoms with Gasteiger partial charge in [0.15, 0.2) is 0 Å². The average Bonchev–Trinajstić information content (AvgIpc) is 3.08. The van der Waals surface area contributed by atoms with E-state index in [0.29, 0.717) is 0 Å². The van der Waals surface area contributed by atoms with Crippen molar-refractivity contribution in [2.45, 2.75) is 0 Å². The molecule has 2 aromatic heterocycles. The Balaban J connectivity index is 0.000000133. The Morgan fingerprint density at radius 1 is 0.526 bits per heavy atom. The fourth-order valence-corrected chi connectivity index (χ4v) is 1.57. The molecule has 7 heteroatoms. The van der Waals surface area contributed by atoms with Crippen molar-refractivity contribution in [3.05, 3.63) is 48.5 Å². The first-order chi connectivity index (χ1) is 8.93. The maximum Gasteiger partial charge on any atom is 3.00 e. The maximum absolute atomic E-state index is 3.88. The Hall–Kier alpha value is -2.14. The summed E-state index contributed by atoms with van der Waals surface area (Å²) in [6.45, 7) is 0. The molecule has 2 N–H and O–H groups in total. The van der Waals surface area contributed by atoms with E-state index in [1.54, 1.807) is 0 Å². The third-order valence-electron chi connectivity index (χ3n) is 2.45. The molecule has 4 rings (SSSR count). The van der Waals surface area contributed by atoms with E-state index in [4.69, 9.17) is 0 Å². The summed E-state index contributed by atoms with van der Waals surface area (Å²) >= 11 is 0. The van der Waals surface area contributed by atoms with Crippen LogP contribution < -0.4 is 0 Å².